The number of carbonyl (C=O) groups excluding carboxylic acids is 1. The van der Waals surface area contributed by atoms with Gasteiger partial charge in [-0.15, -0.1) is 6.58 Å². The van der Waals surface area contributed by atoms with Crippen molar-refractivity contribution in [2.45, 2.75) is 31.7 Å². The fourth-order valence-corrected chi connectivity index (χ4v) is 3.41. The second-order valence-corrected chi connectivity index (χ2v) is 5.71. The highest BCUT2D eigenvalue weighted by atomic mass is 16.5. The second kappa shape index (κ2) is 6.26. The van der Waals surface area contributed by atoms with Gasteiger partial charge in [0, 0.05) is 23.1 Å². The molecule has 0 radical (unpaired) electrons. The fraction of sp³-hybridized carbons (Fsp3) is 0.389. The van der Waals surface area contributed by atoms with Crippen LogP contribution in [0.15, 0.2) is 36.9 Å². The number of nitrogens with zero attached hydrogens (tertiary/aromatic N) is 1. The molecule has 0 unspecified atom stereocenters. The Labute approximate surface area is 130 Å². The molecule has 116 valence electrons. The highest BCUT2D eigenvalue weighted by Gasteiger charge is 2.33. The molecule has 1 aromatic heterocycles. The zero-order valence-electron chi connectivity index (χ0n) is 13.0. The van der Waals surface area contributed by atoms with E-state index < -0.39 is 0 Å². The Morgan fingerprint density at radius 3 is 3.09 bits per heavy atom. The second-order valence-electron chi connectivity index (χ2n) is 5.71. The Balaban J connectivity index is 1.99. The van der Waals surface area contributed by atoms with Gasteiger partial charge in [0.15, 0.2) is 0 Å². The normalized spacial score (nSPS) is 17.3. The summed E-state index contributed by atoms with van der Waals surface area (Å²) in [5.74, 6) is 0. The van der Waals surface area contributed by atoms with E-state index in [9.17, 15) is 4.79 Å². The van der Waals surface area contributed by atoms with Gasteiger partial charge in [0.1, 0.15) is 0 Å². The predicted molar refractivity (Wildman–Crippen MR) is 87.9 cm³/mol. The van der Waals surface area contributed by atoms with Crippen molar-refractivity contribution in [3.05, 3.63) is 48.2 Å². The summed E-state index contributed by atoms with van der Waals surface area (Å²) < 4.78 is 4.97. The summed E-state index contributed by atoms with van der Waals surface area (Å²) in [4.78, 5) is 17.5. The van der Waals surface area contributed by atoms with E-state index >= 15 is 0 Å². The lowest BCUT2D eigenvalue weighted by atomic mass is 9.94. The van der Waals surface area contributed by atoms with Gasteiger partial charge in [-0.05, 0) is 37.3 Å². The first-order valence-corrected chi connectivity index (χ1v) is 7.81. The van der Waals surface area contributed by atoms with Gasteiger partial charge in [-0.3, -0.25) is 4.90 Å². The molecule has 0 aliphatic carbocycles. The molecule has 0 bridgehead atoms. The standard InChI is InChI=1S/C18H22N2O2/c1-3-4-5-10-16-17-14(11-12-20(16)18(21)22-2)13-8-6-7-9-15(13)19-17/h3,6-9,16,19H,1,4-5,10-12H2,2H3/t16-/m0/s1. The number of hydrogen-bond acceptors (Lipinski definition) is 2. The van der Waals surface area contributed by atoms with E-state index in [0.29, 0.717) is 6.54 Å². The van der Waals surface area contributed by atoms with Crippen LogP contribution < -0.4 is 0 Å². The summed E-state index contributed by atoms with van der Waals surface area (Å²) in [6, 6.07) is 8.41. The van der Waals surface area contributed by atoms with E-state index in [1.54, 1.807) is 0 Å². The first-order valence-electron chi connectivity index (χ1n) is 7.81. The first-order chi connectivity index (χ1) is 10.8. The van der Waals surface area contributed by atoms with E-state index in [1.165, 1.54) is 23.8 Å². The molecule has 2 heterocycles. The smallest absolute Gasteiger partial charge is 0.410 e. The van der Waals surface area contributed by atoms with Crippen LogP contribution in [0.1, 0.15) is 36.6 Å². The van der Waals surface area contributed by atoms with E-state index in [0.717, 1.165) is 31.2 Å². The van der Waals surface area contributed by atoms with Gasteiger partial charge in [-0.2, -0.15) is 0 Å². The third-order valence-electron chi connectivity index (χ3n) is 4.45. The Kier molecular flexibility index (Phi) is 4.18. The van der Waals surface area contributed by atoms with Crippen LogP contribution in [0.25, 0.3) is 10.9 Å². The molecule has 2 aromatic rings. The Bertz CT molecular complexity index is 689. The molecule has 1 aliphatic rings. The maximum absolute atomic E-state index is 12.1. The van der Waals surface area contributed by atoms with Crippen molar-refractivity contribution in [3.63, 3.8) is 0 Å². The van der Waals surface area contributed by atoms with E-state index in [1.807, 2.05) is 17.0 Å². The van der Waals surface area contributed by atoms with Gasteiger partial charge in [-0.1, -0.05) is 24.3 Å². The number of rotatable bonds is 4. The number of allylic oxidation sites excluding steroid dienone is 1. The summed E-state index contributed by atoms with van der Waals surface area (Å²) in [6.07, 6.45) is 5.44. The molecule has 0 fully saturated rings. The van der Waals surface area contributed by atoms with Crippen molar-refractivity contribution in [1.29, 1.82) is 0 Å². The van der Waals surface area contributed by atoms with Gasteiger partial charge < -0.3 is 9.72 Å². The fourth-order valence-electron chi connectivity index (χ4n) is 3.41. The molecule has 1 atom stereocenters. The summed E-state index contributed by atoms with van der Waals surface area (Å²) in [7, 11) is 1.45. The van der Waals surface area contributed by atoms with E-state index in [-0.39, 0.29) is 12.1 Å². The number of para-hydroxylation sites is 1. The number of benzene rings is 1. The van der Waals surface area contributed by atoms with Crippen molar-refractivity contribution in [3.8, 4) is 0 Å². The number of aromatic nitrogens is 1. The Morgan fingerprint density at radius 2 is 2.32 bits per heavy atom. The first kappa shape index (κ1) is 14.7. The molecular formula is C18H22N2O2. The number of H-pyrrole nitrogens is 1. The lowest BCUT2D eigenvalue weighted by Crippen LogP contribution is -2.40. The van der Waals surface area contributed by atoms with Crippen molar-refractivity contribution >= 4 is 17.0 Å². The number of unbranched alkanes of at least 4 members (excludes halogenated alkanes) is 1. The number of nitrogens with one attached hydrogen (secondary N) is 1. The molecule has 1 aliphatic heterocycles. The van der Waals surface area contributed by atoms with E-state index in [2.05, 4.69) is 29.8 Å². The number of aromatic amines is 1. The van der Waals surface area contributed by atoms with Crippen molar-refractivity contribution in [2.75, 3.05) is 13.7 Å². The van der Waals surface area contributed by atoms with Crippen LogP contribution in [0.4, 0.5) is 4.79 Å². The van der Waals surface area contributed by atoms with Crippen LogP contribution in [0.2, 0.25) is 0 Å². The van der Waals surface area contributed by atoms with Gasteiger partial charge in [0.2, 0.25) is 0 Å². The number of amides is 1. The molecule has 1 aromatic carbocycles. The SMILES string of the molecule is C=CCCC[C@H]1c2[nH]c3ccccc3c2CCN1C(=O)OC. The van der Waals surface area contributed by atoms with Gasteiger partial charge in [0.25, 0.3) is 0 Å². The summed E-state index contributed by atoms with van der Waals surface area (Å²) in [5, 5.41) is 1.27. The molecule has 3 rings (SSSR count). The molecule has 22 heavy (non-hydrogen) atoms. The minimum absolute atomic E-state index is 0.0588. The largest absolute Gasteiger partial charge is 0.453 e. The molecule has 0 saturated heterocycles. The van der Waals surface area contributed by atoms with Crippen LogP contribution >= 0.6 is 0 Å². The third-order valence-corrected chi connectivity index (χ3v) is 4.45. The monoisotopic (exact) mass is 298 g/mol. The molecule has 0 spiro atoms. The number of fused-ring (bicyclic) bond motifs is 3. The highest BCUT2D eigenvalue weighted by molar-refractivity contribution is 5.85. The van der Waals surface area contributed by atoms with Gasteiger partial charge >= 0.3 is 6.09 Å². The molecule has 4 nitrogen and oxygen atoms in total. The molecule has 1 N–H and O–H groups in total. The maximum Gasteiger partial charge on any atom is 0.410 e. The molecule has 1 amide bonds. The average molecular weight is 298 g/mol. The number of carbonyl (C=O) groups is 1. The van der Waals surface area contributed by atoms with E-state index in [4.69, 9.17) is 4.74 Å². The molecule has 4 heteroatoms. The Hall–Kier alpha value is -2.23. The van der Waals surface area contributed by atoms with Gasteiger partial charge in [-0.25, -0.2) is 4.79 Å². The predicted octanol–water partition coefficient (Wildman–Crippen LogP) is 4.19. The molecular weight excluding hydrogens is 276 g/mol. The van der Waals surface area contributed by atoms with Crippen LogP contribution in [0.3, 0.4) is 0 Å². The summed E-state index contributed by atoms with van der Waals surface area (Å²) in [5.41, 5.74) is 3.66. The average Bonchev–Trinajstić information content (AvgIpc) is 2.93. The number of ether oxygens (including phenoxy) is 1. The molecule has 0 saturated carbocycles. The number of methoxy groups -OCH3 is 1. The quantitative estimate of drug-likeness (QED) is 0.679. The lowest BCUT2D eigenvalue weighted by molar-refractivity contribution is 0.0969. The van der Waals surface area contributed by atoms with Crippen molar-refractivity contribution in [2.24, 2.45) is 0 Å². The maximum atomic E-state index is 12.1. The Morgan fingerprint density at radius 1 is 1.50 bits per heavy atom. The highest BCUT2D eigenvalue weighted by Crippen LogP contribution is 2.37. The van der Waals surface area contributed by atoms with Crippen molar-refractivity contribution < 1.29 is 9.53 Å². The topological polar surface area (TPSA) is 45.3 Å². The van der Waals surface area contributed by atoms with Crippen molar-refractivity contribution in [1.82, 2.24) is 9.88 Å². The summed E-state index contributed by atoms with van der Waals surface area (Å²) >= 11 is 0. The minimum Gasteiger partial charge on any atom is -0.453 e. The minimum atomic E-state index is -0.243. The van der Waals surface area contributed by atoms with Crippen LogP contribution in [-0.2, 0) is 11.2 Å². The number of hydrogen-bond donors (Lipinski definition) is 1. The summed E-state index contributed by atoms with van der Waals surface area (Å²) in [6.45, 7) is 4.49. The third kappa shape index (κ3) is 2.49. The zero-order valence-corrected chi connectivity index (χ0v) is 13.0. The van der Waals surface area contributed by atoms with Crippen LogP contribution in [0, 0.1) is 0 Å². The van der Waals surface area contributed by atoms with Crippen LogP contribution in [-0.4, -0.2) is 29.6 Å². The lowest BCUT2D eigenvalue weighted by Gasteiger charge is -2.34. The van der Waals surface area contributed by atoms with Crippen LogP contribution in [0.5, 0.6) is 0 Å². The zero-order chi connectivity index (χ0) is 15.5. The van der Waals surface area contributed by atoms with Gasteiger partial charge in [0.05, 0.1) is 13.2 Å².